The van der Waals surface area contributed by atoms with Crippen molar-refractivity contribution in [2.45, 2.75) is 128 Å². The smallest absolute Gasteiger partial charge is 0.0530 e. The molecule has 0 aromatic heterocycles. The van der Waals surface area contributed by atoms with Crippen molar-refractivity contribution >= 4 is 0 Å². The molecule has 3 nitrogen and oxygen atoms in total. The molecular formula is C25H49N3. The number of rotatable bonds is 18. The average Bonchev–Trinajstić information content (AvgIpc) is 2.68. The maximum Gasteiger partial charge on any atom is 0.0530 e. The summed E-state index contributed by atoms with van der Waals surface area (Å²) in [5, 5.41) is 3.61. The minimum atomic E-state index is -0.154. The SMILES string of the molecule is CCCCCCCCCCCCCCCCCCNC1(C)C=CC(N)=CC1N. The van der Waals surface area contributed by atoms with Gasteiger partial charge in [0.2, 0.25) is 0 Å². The second kappa shape index (κ2) is 16.0. The first-order chi connectivity index (χ1) is 13.6. The van der Waals surface area contributed by atoms with Crippen LogP contribution in [0.5, 0.6) is 0 Å². The summed E-state index contributed by atoms with van der Waals surface area (Å²) in [7, 11) is 0. The highest BCUT2D eigenvalue weighted by Crippen LogP contribution is 2.18. The molecule has 1 rings (SSSR count). The van der Waals surface area contributed by atoms with Gasteiger partial charge >= 0.3 is 0 Å². The Morgan fingerprint density at radius 2 is 1.21 bits per heavy atom. The monoisotopic (exact) mass is 391 g/mol. The van der Waals surface area contributed by atoms with Gasteiger partial charge < -0.3 is 16.8 Å². The van der Waals surface area contributed by atoms with Crippen LogP contribution in [0, 0.1) is 0 Å². The molecule has 0 spiro atoms. The van der Waals surface area contributed by atoms with Gasteiger partial charge in [-0.25, -0.2) is 0 Å². The Balaban J connectivity index is 1.81. The summed E-state index contributed by atoms with van der Waals surface area (Å²) in [6, 6.07) is -0.0430. The van der Waals surface area contributed by atoms with Crippen LogP contribution < -0.4 is 16.8 Å². The Kier molecular flexibility index (Phi) is 14.5. The molecule has 0 bridgehead atoms. The molecule has 164 valence electrons. The molecule has 0 aromatic carbocycles. The van der Waals surface area contributed by atoms with E-state index in [1.165, 1.54) is 103 Å². The molecule has 5 N–H and O–H groups in total. The van der Waals surface area contributed by atoms with E-state index >= 15 is 0 Å². The summed E-state index contributed by atoms with van der Waals surface area (Å²) in [6.45, 7) is 5.48. The minimum absolute atomic E-state index is 0.0430. The normalized spacial score (nSPS) is 21.8. The molecule has 1 aliphatic rings. The van der Waals surface area contributed by atoms with E-state index in [2.05, 4.69) is 25.2 Å². The topological polar surface area (TPSA) is 64.1 Å². The Morgan fingerprint density at radius 1 is 0.786 bits per heavy atom. The quantitative estimate of drug-likeness (QED) is 0.239. The summed E-state index contributed by atoms with van der Waals surface area (Å²) >= 11 is 0. The van der Waals surface area contributed by atoms with Crippen LogP contribution in [0.4, 0.5) is 0 Å². The van der Waals surface area contributed by atoms with Gasteiger partial charge in [-0.1, -0.05) is 109 Å². The molecule has 0 saturated carbocycles. The van der Waals surface area contributed by atoms with E-state index < -0.39 is 0 Å². The maximum absolute atomic E-state index is 6.21. The molecule has 0 aliphatic heterocycles. The van der Waals surface area contributed by atoms with E-state index in [1.807, 2.05) is 12.2 Å². The van der Waals surface area contributed by atoms with Gasteiger partial charge in [0, 0.05) is 11.7 Å². The van der Waals surface area contributed by atoms with Gasteiger partial charge in [0.1, 0.15) is 0 Å². The standard InChI is InChI=1S/C25H49N3/c1-3-4-5-6-7-8-9-10-11-12-13-14-15-16-17-18-21-28-25(2)20-19-23(26)22-24(25)27/h19-20,22,24,28H,3-18,21,26-27H2,1-2H3. The second-order valence-corrected chi connectivity index (χ2v) is 9.04. The predicted octanol–water partition coefficient (Wildman–Crippen LogP) is 6.34. The molecule has 3 heteroatoms. The number of hydrogen-bond donors (Lipinski definition) is 3. The maximum atomic E-state index is 6.21. The third-order valence-corrected chi connectivity index (χ3v) is 6.22. The van der Waals surface area contributed by atoms with E-state index in [9.17, 15) is 0 Å². The molecule has 28 heavy (non-hydrogen) atoms. The summed E-state index contributed by atoms with van der Waals surface area (Å²) in [5.41, 5.74) is 12.6. The Morgan fingerprint density at radius 3 is 1.64 bits per heavy atom. The first-order valence-corrected chi connectivity index (χ1v) is 12.3. The van der Waals surface area contributed by atoms with Crippen molar-refractivity contribution in [2.24, 2.45) is 11.5 Å². The summed E-state index contributed by atoms with van der Waals surface area (Å²) in [5.74, 6) is 0. The average molecular weight is 392 g/mol. The number of allylic oxidation sites excluding steroid dienone is 1. The van der Waals surface area contributed by atoms with Crippen LogP contribution in [-0.4, -0.2) is 18.1 Å². The van der Waals surface area contributed by atoms with Crippen molar-refractivity contribution < 1.29 is 0 Å². The van der Waals surface area contributed by atoms with E-state index in [-0.39, 0.29) is 11.6 Å². The van der Waals surface area contributed by atoms with Crippen LogP contribution in [0.3, 0.4) is 0 Å². The zero-order valence-electron chi connectivity index (χ0n) is 19.0. The van der Waals surface area contributed by atoms with Crippen LogP contribution >= 0.6 is 0 Å². The number of nitrogens with two attached hydrogens (primary N) is 2. The first kappa shape index (κ1) is 25.2. The third-order valence-electron chi connectivity index (χ3n) is 6.22. The molecule has 1 aliphatic carbocycles. The Bertz CT molecular complexity index is 430. The van der Waals surface area contributed by atoms with Gasteiger partial charge in [0.25, 0.3) is 0 Å². The van der Waals surface area contributed by atoms with Crippen LogP contribution in [0.15, 0.2) is 23.9 Å². The van der Waals surface area contributed by atoms with Gasteiger partial charge in [-0.3, -0.25) is 0 Å². The number of hydrogen-bond acceptors (Lipinski definition) is 3. The molecule has 2 unspecified atom stereocenters. The van der Waals surface area contributed by atoms with E-state index in [1.54, 1.807) is 0 Å². The first-order valence-electron chi connectivity index (χ1n) is 12.3. The fourth-order valence-corrected chi connectivity index (χ4v) is 4.02. The largest absolute Gasteiger partial charge is 0.399 e. The highest BCUT2D eigenvalue weighted by atomic mass is 15.0. The molecule has 0 radical (unpaired) electrons. The Labute approximate surface area is 175 Å². The highest BCUT2D eigenvalue weighted by molar-refractivity contribution is 5.31. The summed E-state index contributed by atoms with van der Waals surface area (Å²) < 4.78 is 0. The van der Waals surface area contributed by atoms with Gasteiger partial charge in [-0.05, 0) is 32.0 Å². The van der Waals surface area contributed by atoms with Crippen molar-refractivity contribution in [1.29, 1.82) is 0 Å². The van der Waals surface area contributed by atoms with Crippen molar-refractivity contribution in [3.63, 3.8) is 0 Å². The van der Waals surface area contributed by atoms with Crippen LogP contribution in [0.2, 0.25) is 0 Å². The fraction of sp³-hybridized carbons (Fsp3) is 0.840. The second-order valence-electron chi connectivity index (χ2n) is 9.04. The minimum Gasteiger partial charge on any atom is -0.399 e. The van der Waals surface area contributed by atoms with Gasteiger partial charge in [0.15, 0.2) is 0 Å². The van der Waals surface area contributed by atoms with Gasteiger partial charge in [-0.15, -0.1) is 0 Å². The predicted molar refractivity (Wildman–Crippen MR) is 125 cm³/mol. The van der Waals surface area contributed by atoms with Crippen molar-refractivity contribution in [3.8, 4) is 0 Å². The number of nitrogens with one attached hydrogen (secondary N) is 1. The van der Waals surface area contributed by atoms with Crippen LogP contribution in [-0.2, 0) is 0 Å². The molecule has 0 amide bonds. The van der Waals surface area contributed by atoms with Crippen molar-refractivity contribution in [2.75, 3.05) is 6.54 Å². The molecular weight excluding hydrogens is 342 g/mol. The summed E-state index contributed by atoms with van der Waals surface area (Å²) in [6.07, 6.45) is 28.6. The zero-order chi connectivity index (χ0) is 20.5. The van der Waals surface area contributed by atoms with Crippen LogP contribution in [0.25, 0.3) is 0 Å². The third kappa shape index (κ3) is 11.9. The molecule has 2 atom stereocenters. The summed E-state index contributed by atoms with van der Waals surface area (Å²) in [4.78, 5) is 0. The van der Waals surface area contributed by atoms with Crippen molar-refractivity contribution in [1.82, 2.24) is 5.32 Å². The van der Waals surface area contributed by atoms with E-state index in [0.717, 1.165) is 12.2 Å². The lowest BCUT2D eigenvalue weighted by molar-refractivity contribution is 0.386. The molecule has 0 saturated heterocycles. The molecule has 0 aromatic rings. The Hall–Kier alpha value is -0.800. The van der Waals surface area contributed by atoms with Crippen LogP contribution in [0.1, 0.15) is 117 Å². The molecule has 0 fully saturated rings. The lowest BCUT2D eigenvalue weighted by Gasteiger charge is -2.34. The fourth-order valence-electron chi connectivity index (χ4n) is 4.02. The van der Waals surface area contributed by atoms with E-state index in [0.29, 0.717) is 0 Å². The molecule has 0 heterocycles. The number of unbranched alkanes of at least 4 members (excludes halogenated alkanes) is 15. The van der Waals surface area contributed by atoms with Gasteiger partial charge in [-0.2, -0.15) is 0 Å². The van der Waals surface area contributed by atoms with E-state index in [4.69, 9.17) is 11.5 Å². The lowest BCUT2D eigenvalue weighted by Crippen LogP contribution is -2.55. The van der Waals surface area contributed by atoms with Crippen molar-refractivity contribution in [3.05, 3.63) is 23.9 Å². The van der Waals surface area contributed by atoms with Gasteiger partial charge in [0.05, 0.1) is 5.54 Å². The lowest BCUT2D eigenvalue weighted by atomic mass is 9.87. The zero-order valence-corrected chi connectivity index (χ0v) is 19.0. The highest BCUT2D eigenvalue weighted by Gasteiger charge is 2.28.